The number of nitrogens with one attached hydrogen (secondary N) is 1. The van der Waals surface area contributed by atoms with Gasteiger partial charge in [0, 0.05) is 30.4 Å². The number of nitrogens with zero attached hydrogens (tertiary/aromatic N) is 2. The van der Waals surface area contributed by atoms with Gasteiger partial charge in [0.1, 0.15) is 0 Å². The van der Waals surface area contributed by atoms with E-state index < -0.39 is 0 Å². The summed E-state index contributed by atoms with van der Waals surface area (Å²) in [6.07, 6.45) is 2.04. The van der Waals surface area contributed by atoms with Crippen LogP contribution in [-0.2, 0) is 11.2 Å². The second kappa shape index (κ2) is 9.77. The van der Waals surface area contributed by atoms with Gasteiger partial charge >= 0.3 is 0 Å². The summed E-state index contributed by atoms with van der Waals surface area (Å²) in [6.45, 7) is 5.32. The van der Waals surface area contributed by atoms with Crippen LogP contribution in [0, 0.1) is 13.8 Å². The molecule has 32 heavy (non-hydrogen) atoms. The summed E-state index contributed by atoms with van der Waals surface area (Å²) < 4.78 is 0. The van der Waals surface area contributed by atoms with E-state index in [0.717, 1.165) is 41.0 Å². The van der Waals surface area contributed by atoms with E-state index in [0.29, 0.717) is 25.1 Å². The van der Waals surface area contributed by atoms with Gasteiger partial charge in [-0.1, -0.05) is 42.5 Å². The summed E-state index contributed by atoms with van der Waals surface area (Å²) in [5, 5.41) is 3.01. The molecule has 5 nitrogen and oxygen atoms in total. The predicted octanol–water partition coefficient (Wildman–Crippen LogP) is 4.90. The number of benzene rings is 2. The number of carbonyl (C=O) groups excluding carboxylic acids is 2. The SMILES string of the molecule is Cc1cccc(NC(=O)c2ccc(C)nc2C2CCN(C(=O)Cc3ccccc3)CC2)c1. The molecule has 0 saturated carbocycles. The normalized spacial score (nSPS) is 14.2. The summed E-state index contributed by atoms with van der Waals surface area (Å²) >= 11 is 0. The Kier molecular flexibility index (Phi) is 6.64. The molecule has 0 radical (unpaired) electrons. The van der Waals surface area contributed by atoms with Crippen LogP contribution in [0.3, 0.4) is 0 Å². The molecule has 0 atom stereocenters. The average Bonchev–Trinajstić information content (AvgIpc) is 2.80. The van der Waals surface area contributed by atoms with Crippen molar-refractivity contribution in [2.45, 2.75) is 39.0 Å². The van der Waals surface area contributed by atoms with Crippen molar-refractivity contribution in [3.8, 4) is 0 Å². The molecule has 5 heteroatoms. The summed E-state index contributed by atoms with van der Waals surface area (Å²) in [7, 11) is 0. The molecular weight excluding hydrogens is 398 g/mol. The summed E-state index contributed by atoms with van der Waals surface area (Å²) in [5.74, 6) is 0.180. The number of carbonyl (C=O) groups is 2. The third kappa shape index (κ3) is 5.22. The molecule has 1 fully saturated rings. The number of aromatic nitrogens is 1. The number of amides is 2. The topological polar surface area (TPSA) is 62.3 Å². The Bertz CT molecular complexity index is 1100. The van der Waals surface area contributed by atoms with Crippen molar-refractivity contribution < 1.29 is 9.59 Å². The highest BCUT2D eigenvalue weighted by atomic mass is 16.2. The average molecular weight is 428 g/mol. The van der Waals surface area contributed by atoms with Crippen LogP contribution < -0.4 is 5.32 Å². The number of piperidine rings is 1. The van der Waals surface area contributed by atoms with Crippen LogP contribution in [0.1, 0.15) is 51.6 Å². The molecule has 3 aromatic rings. The fraction of sp³-hybridized carbons (Fsp3) is 0.296. The Morgan fingerprint density at radius 2 is 1.72 bits per heavy atom. The fourth-order valence-corrected chi connectivity index (χ4v) is 4.29. The fourth-order valence-electron chi connectivity index (χ4n) is 4.29. The standard InChI is InChI=1S/C27H29N3O2/c1-19-7-6-10-23(17-19)29-27(32)24-12-11-20(2)28-26(24)22-13-15-30(16-14-22)25(31)18-21-8-4-3-5-9-21/h3-12,17,22H,13-16,18H2,1-2H3,(H,29,32). The molecule has 0 bridgehead atoms. The van der Waals surface area contributed by atoms with Crippen LogP contribution >= 0.6 is 0 Å². The Balaban J connectivity index is 1.44. The molecule has 0 unspecified atom stereocenters. The molecule has 0 spiro atoms. The van der Waals surface area contributed by atoms with Crippen molar-refractivity contribution in [3.63, 3.8) is 0 Å². The van der Waals surface area contributed by atoms with Crippen LogP contribution in [0.5, 0.6) is 0 Å². The van der Waals surface area contributed by atoms with Crippen molar-refractivity contribution in [3.05, 3.63) is 94.8 Å². The zero-order valence-corrected chi connectivity index (χ0v) is 18.7. The molecule has 164 valence electrons. The highest BCUT2D eigenvalue weighted by Crippen LogP contribution is 2.30. The third-order valence-corrected chi connectivity index (χ3v) is 6.02. The van der Waals surface area contributed by atoms with Gasteiger partial charge in [-0.2, -0.15) is 0 Å². The van der Waals surface area contributed by atoms with Gasteiger partial charge in [0.15, 0.2) is 0 Å². The highest BCUT2D eigenvalue weighted by molar-refractivity contribution is 6.05. The quantitative estimate of drug-likeness (QED) is 0.630. The van der Waals surface area contributed by atoms with Gasteiger partial charge < -0.3 is 10.2 Å². The van der Waals surface area contributed by atoms with Crippen LogP contribution in [0.4, 0.5) is 5.69 Å². The van der Waals surface area contributed by atoms with E-state index in [-0.39, 0.29) is 17.7 Å². The summed E-state index contributed by atoms with van der Waals surface area (Å²) in [5.41, 5.74) is 5.27. The number of likely N-dealkylation sites (tertiary alicyclic amines) is 1. The molecular formula is C27H29N3O2. The zero-order chi connectivity index (χ0) is 22.5. The van der Waals surface area contributed by atoms with Crippen LogP contribution in [0.15, 0.2) is 66.7 Å². The van der Waals surface area contributed by atoms with E-state index in [2.05, 4.69) is 5.32 Å². The minimum absolute atomic E-state index is 0.138. The van der Waals surface area contributed by atoms with Crippen LogP contribution in [0.2, 0.25) is 0 Å². The first kappa shape index (κ1) is 21.8. The van der Waals surface area contributed by atoms with Crippen molar-refractivity contribution in [1.29, 1.82) is 0 Å². The van der Waals surface area contributed by atoms with Crippen molar-refractivity contribution in [2.24, 2.45) is 0 Å². The second-order valence-corrected chi connectivity index (χ2v) is 8.53. The Labute approximate surface area is 189 Å². The minimum atomic E-state index is -0.138. The number of pyridine rings is 1. The molecule has 1 aliphatic heterocycles. The first-order valence-corrected chi connectivity index (χ1v) is 11.2. The van der Waals surface area contributed by atoms with Gasteiger partial charge in [-0.15, -0.1) is 0 Å². The van der Waals surface area contributed by atoms with Crippen molar-refractivity contribution >= 4 is 17.5 Å². The van der Waals surface area contributed by atoms with E-state index in [9.17, 15) is 9.59 Å². The Morgan fingerprint density at radius 3 is 2.44 bits per heavy atom. The lowest BCUT2D eigenvalue weighted by atomic mass is 9.89. The molecule has 1 N–H and O–H groups in total. The van der Waals surface area contributed by atoms with Gasteiger partial charge in [0.2, 0.25) is 5.91 Å². The number of rotatable bonds is 5. The number of aryl methyl sites for hydroxylation is 2. The lowest BCUT2D eigenvalue weighted by molar-refractivity contribution is -0.131. The zero-order valence-electron chi connectivity index (χ0n) is 18.7. The number of hydrogen-bond donors (Lipinski definition) is 1. The number of hydrogen-bond acceptors (Lipinski definition) is 3. The molecule has 0 aliphatic carbocycles. The maximum atomic E-state index is 13.1. The Hall–Kier alpha value is -3.47. The molecule has 1 saturated heterocycles. The minimum Gasteiger partial charge on any atom is -0.342 e. The van der Waals surface area contributed by atoms with E-state index in [1.165, 1.54) is 0 Å². The first-order chi connectivity index (χ1) is 15.5. The maximum Gasteiger partial charge on any atom is 0.257 e. The molecule has 2 aromatic carbocycles. The Morgan fingerprint density at radius 1 is 0.969 bits per heavy atom. The van der Waals surface area contributed by atoms with Crippen LogP contribution in [-0.4, -0.2) is 34.8 Å². The maximum absolute atomic E-state index is 13.1. The second-order valence-electron chi connectivity index (χ2n) is 8.53. The summed E-state index contributed by atoms with van der Waals surface area (Å²) in [6, 6.07) is 21.4. The molecule has 1 aliphatic rings. The first-order valence-electron chi connectivity index (χ1n) is 11.2. The molecule has 1 aromatic heterocycles. The molecule has 2 heterocycles. The van der Waals surface area contributed by atoms with E-state index in [1.807, 2.05) is 85.5 Å². The van der Waals surface area contributed by atoms with Crippen molar-refractivity contribution in [1.82, 2.24) is 9.88 Å². The van der Waals surface area contributed by atoms with Gasteiger partial charge in [-0.05, 0) is 62.1 Å². The smallest absolute Gasteiger partial charge is 0.257 e. The molecule has 4 rings (SSSR count). The summed E-state index contributed by atoms with van der Waals surface area (Å²) in [4.78, 5) is 32.5. The monoisotopic (exact) mass is 427 g/mol. The van der Waals surface area contributed by atoms with Gasteiger partial charge in [0.25, 0.3) is 5.91 Å². The molecule has 2 amide bonds. The van der Waals surface area contributed by atoms with E-state index in [1.54, 1.807) is 0 Å². The third-order valence-electron chi connectivity index (χ3n) is 6.02. The lowest BCUT2D eigenvalue weighted by Gasteiger charge is -2.32. The van der Waals surface area contributed by atoms with Gasteiger partial charge in [-0.25, -0.2) is 0 Å². The van der Waals surface area contributed by atoms with E-state index >= 15 is 0 Å². The van der Waals surface area contributed by atoms with Gasteiger partial charge in [-0.3, -0.25) is 14.6 Å². The van der Waals surface area contributed by atoms with Crippen LogP contribution in [0.25, 0.3) is 0 Å². The lowest BCUT2D eigenvalue weighted by Crippen LogP contribution is -2.39. The van der Waals surface area contributed by atoms with E-state index in [4.69, 9.17) is 4.98 Å². The van der Waals surface area contributed by atoms with Crippen molar-refractivity contribution in [2.75, 3.05) is 18.4 Å². The predicted molar refractivity (Wildman–Crippen MR) is 127 cm³/mol. The van der Waals surface area contributed by atoms with Gasteiger partial charge in [0.05, 0.1) is 17.7 Å². The highest BCUT2D eigenvalue weighted by Gasteiger charge is 2.28. The number of anilines is 1. The largest absolute Gasteiger partial charge is 0.342 e.